The van der Waals surface area contributed by atoms with Gasteiger partial charge < -0.3 is 10.2 Å². The van der Waals surface area contributed by atoms with Crippen LogP contribution in [0.4, 0.5) is 0 Å². The van der Waals surface area contributed by atoms with E-state index in [-0.39, 0.29) is 11.9 Å². The molecule has 1 unspecified atom stereocenters. The lowest BCUT2D eigenvalue weighted by Crippen LogP contribution is -2.47. The molecule has 3 aromatic carbocycles. The third-order valence-electron chi connectivity index (χ3n) is 5.98. The van der Waals surface area contributed by atoms with Crippen molar-refractivity contribution in [3.8, 4) is 11.1 Å². The molecule has 0 aliphatic carbocycles. The van der Waals surface area contributed by atoms with Crippen molar-refractivity contribution in [2.45, 2.75) is 6.04 Å². The van der Waals surface area contributed by atoms with Gasteiger partial charge in [0.15, 0.2) is 0 Å². The number of hydrogen-bond donors (Lipinski definition) is 1. The van der Waals surface area contributed by atoms with E-state index < -0.39 is 0 Å². The van der Waals surface area contributed by atoms with Gasteiger partial charge in [0, 0.05) is 38.8 Å². The maximum Gasteiger partial charge on any atom is 0.244 e. The molecule has 0 bridgehead atoms. The Balaban J connectivity index is 1.43. The topological polar surface area (TPSA) is 35.6 Å². The molecule has 1 aliphatic rings. The summed E-state index contributed by atoms with van der Waals surface area (Å²) in [6.07, 6.45) is 3.53. The molecule has 0 radical (unpaired) electrons. The van der Waals surface area contributed by atoms with Gasteiger partial charge in [-0.05, 0) is 41.4 Å². The van der Waals surface area contributed by atoms with Crippen LogP contribution in [0.25, 0.3) is 17.2 Å². The summed E-state index contributed by atoms with van der Waals surface area (Å²) in [4.78, 5) is 17.6. The van der Waals surface area contributed by atoms with Gasteiger partial charge in [0.2, 0.25) is 5.91 Å². The number of carbonyl (C=O) groups is 1. The Morgan fingerprint density at radius 2 is 1.53 bits per heavy atom. The van der Waals surface area contributed by atoms with E-state index in [0.29, 0.717) is 0 Å². The summed E-state index contributed by atoms with van der Waals surface area (Å²) in [5.74, 6) is -0.0712. The number of nitrogens with one attached hydrogen (secondary N) is 1. The van der Waals surface area contributed by atoms with Crippen LogP contribution in [0, 0.1) is 0 Å². The molecule has 1 saturated heterocycles. The summed E-state index contributed by atoms with van der Waals surface area (Å²) in [5.41, 5.74) is 4.46. The summed E-state index contributed by atoms with van der Waals surface area (Å²) in [5, 5.41) is 3.23. The lowest BCUT2D eigenvalue weighted by Gasteiger charge is -2.34. The van der Waals surface area contributed by atoms with E-state index >= 15 is 0 Å². The highest BCUT2D eigenvalue weighted by Crippen LogP contribution is 2.21. The molecule has 0 aromatic heterocycles. The zero-order valence-corrected chi connectivity index (χ0v) is 18.7. The largest absolute Gasteiger partial charge is 0.344 e. The number of carbonyl (C=O) groups excluding carboxylic acids is 1. The van der Waals surface area contributed by atoms with Crippen molar-refractivity contribution >= 4 is 12.0 Å². The molecule has 4 nitrogen and oxygen atoms in total. The Morgan fingerprint density at radius 3 is 2.25 bits per heavy atom. The molecule has 1 atom stereocenters. The zero-order chi connectivity index (χ0) is 22.2. The van der Waals surface area contributed by atoms with E-state index in [1.165, 1.54) is 5.56 Å². The van der Waals surface area contributed by atoms with Gasteiger partial charge in [-0.15, -0.1) is 0 Å². The van der Waals surface area contributed by atoms with Crippen molar-refractivity contribution in [2.24, 2.45) is 0 Å². The van der Waals surface area contributed by atoms with Gasteiger partial charge in [-0.1, -0.05) is 78.9 Å². The van der Waals surface area contributed by atoms with E-state index in [4.69, 9.17) is 0 Å². The minimum Gasteiger partial charge on any atom is -0.344 e. The van der Waals surface area contributed by atoms with Crippen molar-refractivity contribution in [1.29, 1.82) is 0 Å². The fourth-order valence-electron chi connectivity index (χ4n) is 4.05. The molecule has 1 amide bonds. The first-order valence-corrected chi connectivity index (χ1v) is 11.3. The van der Waals surface area contributed by atoms with E-state index in [0.717, 1.165) is 49.4 Å². The highest BCUT2D eigenvalue weighted by molar-refractivity contribution is 5.92. The van der Waals surface area contributed by atoms with Crippen molar-refractivity contribution in [3.05, 3.63) is 102 Å². The maximum atomic E-state index is 12.8. The third-order valence-corrected chi connectivity index (χ3v) is 5.98. The first-order chi connectivity index (χ1) is 15.7. The lowest BCUT2D eigenvalue weighted by molar-refractivity contribution is -0.117. The highest BCUT2D eigenvalue weighted by Gasteiger charge is 2.20. The average Bonchev–Trinajstić information content (AvgIpc) is 2.85. The molecule has 1 aliphatic heterocycles. The Hall–Kier alpha value is -3.21. The maximum absolute atomic E-state index is 12.8. The van der Waals surface area contributed by atoms with Crippen LogP contribution in [-0.4, -0.2) is 55.5 Å². The Morgan fingerprint density at radius 1 is 0.875 bits per heavy atom. The molecule has 4 rings (SSSR count). The molecule has 0 saturated carbocycles. The summed E-state index contributed by atoms with van der Waals surface area (Å²) >= 11 is 0. The monoisotopic (exact) mass is 425 g/mol. The summed E-state index contributed by atoms with van der Waals surface area (Å²) < 4.78 is 0. The number of amides is 1. The Bertz CT molecular complexity index is 1020. The number of piperazine rings is 1. The SMILES string of the molecule is CN1CCN(CC(NC(=O)/C=C/c2cccc(-c3ccccc3)c2)c2ccccc2)CC1. The molecule has 0 spiro atoms. The summed E-state index contributed by atoms with van der Waals surface area (Å²) in [7, 11) is 2.16. The predicted octanol–water partition coefficient (Wildman–Crippen LogP) is 4.47. The number of likely N-dealkylation sites (N-methyl/N-ethyl adjacent to an activating group) is 1. The highest BCUT2D eigenvalue weighted by atomic mass is 16.1. The molecule has 1 N–H and O–H groups in total. The first-order valence-electron chi connectivity index (χ1n) is 11.3. The molecule has 4 heteroatoms. The number of benzene rings is 3. The molecule has 1 heterocycles. The van der Waals surface area contributed by atoms with Crippen molar-refractivity contribution in [3.63, 3.8) is 0 Å². The number of rotatable bonds is 7. The molecule has 1 fully saturated rings. The third kappa shape index (κ3) is 6.16. The standard InChI is InChI=1S/C28H31N3O/c1-30-17-19-31(20-18-30)22-27(25-12-6-3-7-13-25)29-28(32)16-15-23-9-8-14-26(21-23)24-10-4-2-5-11-24/h2-16,21,27H,17-20,22H2,1H3,(H,29,32)/b16-15+. The van der Waals surface area contributed by atoms with Crippen LogP contribution in [0.2, 0.25) is 0 Å². The lowest BCUT2D eigenvalue weighted by atomic mass is 10.0. The molecular weight excluding hydrogens is 394 g/mol. The van der Waals surface area contributed by atoms with Gasteiger partial charge in [0.25, 0.3) is 0 Å². The van der Waals surface area contributed by atoms with Crippen LogP contribution in [0.3, 0.4) is 0 Å². The summed E-state index contributed by atoms with van der Waals surface area (Å²) in [6.45, 7) is 5.00. The molecular formula is C28H31N3O. The van der Waals surface area contributed by atoms with Crippen LogP contribution in [0.1, 0.15) is 17.2 Å². The second kappa shape index (κ2) is 10.9. The second-order valence-corrected chi connectivity index (χ2v) is 8.40. The van der Waals surface area contributed by atoms with Gasteiger partial charge in [-0.25, -0.2) is 0 Å². The van der Waals surface area contributed by atoms with Crippen molar-refractivity contribution in [2.75, 3.05) is 39.8 Å². The minimum atomic E-state index is -0.0712. The van der Waals surface area contributed by atoms with Gasteiger partial charge in [0.1, 0.15) is 0 Å². The smallest absolute Gasteiger partial charge is 0.244 e. The average molecular weight is 426 g/mol. The van der Waals surface area contributed by atoms with Crippen LogP contribution >= 0.6 is 0 Å². The molecule has 164 valence electrons. The Labute approximate surface area is 191 Å². The number of nitrogens with zero attached hydrogens (tertiary/aromatic N) is 2. The molecule has 3 aromatic rings. The number of hydrogen-bond acceptors (Lipinski definition) is 3. The normalized spacial score (nSPS) is 16.2. The zero-order valence-electron chi connectivity index (χ0n) is 18.7. The van der Waals surface area contributed by atoms with Gasteiger partial charge in [-0.3, -0.25) is 9.69 Å². The predicted molar refractivity (Wildman–Crippen MR) is 132 cm³/mol. The van der Waals surface area contributed by atoms with E-state index in [2.05, 4.69) is 58.6 Å². The van der Waals surface area contributed by atoms with Crippen molar-refractivity contribution in [1.82, 2.24) is 15.1 Å². The van der Waals surface area contributed by atoms with E-state index in [1.54, 1.807) is 6.08 Å². The summed E-state index contributed by atoms with van der Waals surface area (Å²) in [6, 6.07) is 28.8. The van der Waals surface area contributed by atoms with Gasteiger partial charge in [-0.2, -0.15) is 0 Å². The van der Waals surface area contributed by atoms with Gasteiger partial charge in [0.05, 0.1) is 6.04 Å². The van der Waals surface area contributed by atoms with Crippen LogP contribution in [-0.2, 0) is 4.79 Å². The first kappa shape index (κ1) is 22.0. The Kier molecular flexibility index (Phi) is 7.49. The fourth-order valence-corrected chi connectivity index (χ4v) is 4.05. The minimum absolute atomic E-state index is 0.0348. The van der Waals surface area contributed by atoms with Crippen LogP contribution in [0.15, 0.2) is 91.0 Å². The quantitative estimate of drug-likeness (QED) is 0.567. The fraction of sp³-hybridized carbons (Fsp3) is 0.250. The van der Waals surface area contributed by atoms with Crippen molar-refractivity contribution < 1.29 is 4.79 Å². The van der Waals surface area contributed by atoms with Crippen LogP contribution < -0.4 is 5.32 Å². The van der Waals surface area contributed by atoms with E-state index in [9.17, 15) is 4.79 Å². The van der Waals surface area contributed by atoms with E-state index in [1.807, 2.05) is 54.6 Å². The van der Waals surface area contributed by atoms with Gasteiger partial charge >= 0.3 is 0 Å². The van der Waals surface area contributed by atoms with Crippen LogP contribution in [0.5, 0.6) is 0 Å². The second-order valence-electron chi connectivity index (χ2n) is 8.40. The molecule has 32 heavy (non-hydrogen) atoms.